The molecular weight excluding hydrogens is 428 g/mol. The van der Waals surface area contributed by atoms with E-state index in [9.17, 15) is 24.0 Å². The molecule has 0 radical (unpaired) electrons. The molecule has 0 aromatic carbocycles. The van der Waals surface area contributed by atoms with Gasteiger partial charge < -0.3 is 26.4 Å². The SMILES string of the molecule is CCC(C)C(=O)NC.CCC(NC(=O)C(CC)NC(C)=O)C(=O)O.CCNC(=O)C(C)CC. The lowest BCUT2D eigenvalue weighted by Gasteiger charge is -2.18. The van der Waals surface area contributed by atoms with E-state index in [0.717, 1.165) is 19.4 Å². The second kappa shape index (κ2) is 21.2. The van der Waals surface area contributed by atoms with Gasteiger partial charge in [-0.2, -0.15) is 0 Å². The average molecular weight is 475 g/mol. The highest BCUT2D eigenvalue weighted by Gasteiger charge is 2.23. The first-order valence-corrected chi connectivity index (χ1v) is 11.7. The molecule has 0 aromatic heterocycles. The molecule has 0 aliphatic heterocycles. The summed E-state index contributed by atoms with van der Waals surface area (Å²) >= 11 is 0. The van der Waals surface area contributed by atoms with E-state index in [1.165, 1.54) is 6.92 Å². The summed E-state index contributed by atoms with van der Waals surface area (Å²) in [7, 11) is 1.66. The fraction of sp³-hybridized carbons (Fsp3) is 0.783. The van der Waals surface area contributed by atoms with Gasteiger partial charge >= 0.3 is 5.97 Å². The molecule has 0 heterocycles. The molecule has 0 aliphatic rings. The molecule has 0 saturated heterocycles. The third kappa shape index (κ3) is 18.6. The third-order valence-electron chi connectivity index (χ3n) is 4.84. The van der Waals surface area contributed by atoms with Crippen molar-refractivity contribution < 1.29 is 29.1 Å². The lowest BCUT2D eigenvalue weighted by Crippen LogP contribution is -2.50. The van der Waals surface area contributed by atoms with Crippen LogP contribution in [0.4, 0.5) is 0 Å². The van der Waals surface area contributed by atoms with Crippen LogP contribution in [0.5, 0.6) is 0 Å². The molecule has 10 nitrogen and oxygen atoms in total. The molecule has 5 N–H and O–H groups in total. The van der Waals surface area contributed by atoms with E-state index in [2.05, 4.69) is 21.3 Å². The molecule has 0 aliphatic carbocycles. The van der Waals surface area contributed by atoms with E-state index in [-0.39, 0.29) is 29.6 Å². The zero-order valence-corrected chi connectivity index (χ0v) is 21.8. The van der Waals surface area contributed by atoms with Gasteiger partial charge in [-0.1, -0.05) is 41.5 Å². The molecule has 194 valence electrons. The third-order valence-corrected chi connectivity index (χ3v) is 4.84. The number of hydrogen-bond acceptors (Lipinski definition) is 5. The van der Waals surface area contributed by atoms with E-state index < -0.39 is 24.0 Å². The minimum atomic E-state index is -1.08. The quantitative estimate of drug-likeness (QED) is 0.308. The highest BCUT2D eigenvalue weighted by Crippen LogP contribution is 1.99. The summed E-state index contributed by atoms with van der Waals surface area (Å²) in [6.45, 7) is 15.2. The van der Waals surface area contributed by atoms with E-state index in [4.69, 9.17) is 5.11 Å². The number of carboxylic acid groups (broad SMARTS) is 1. The Morgan fingerprint density at radius 2 is 1.15 bits per heavy atom. The lowest BCUT2D eigenvalue weighted by atomic mass is 10.1. The standard InChI is InChI=1S/C10H18N2O4.C7H15NO.C6H13NO/c1-4-7(11-6(3)13)9(14)12-8(5-2)10(15)16;1-4-6(3)7(9)8-5-2;1-4-5(2)6(8)7-3/h7-8H,4-5H2,1-3H3,(H,11,13)(H,12,14)(H,15,16);6H,4-5H2,1-3H3,(H,8,9);5H,4H2,1-3H3,(H,7,8). The van der Waals surface area contributed by atoms with Crippen LogP contribution in [0, 0.1) is 11.8 Å². The van der Waals surface area contributed by atoms with Gasteiger partial charge in [-0.15, -0.1) is 0 Å². The van der Waals surface area contributed by atoms with Gasteiger partial charge in [-0.3, -0.25) is 19.2 Å². The maximum atomic E-state index is 11.6. The second-order valence-electron chi connectivity index (χ2n) is 7.60. The number of amides is 4. The molecular formula is C23H46N4O6. The van der Waals surface area contributed by atoms with Crippen molar-refractivity contribution in [2.75, 3.05) is 13.6 Å². The fourth-order valence-electron chi connectivity index (χ4n) is 2.17. The molecule has 33 heavy (non-hydrogen) atoms. The number of aliphatic carboxylic acids is 1. The van der Waals surface area contributed by atoms with Gasteiger partial charge in [0, 0.05) is 32.4 Å². The first-order chi connectivity index (χ1) is 15.4. The van der Waals surface area contributed by atoms with Crippen LogP contribution in [-0.4, -0.2) is 60.4 Å². The van der Waals surface area contributed by atoms with Crippen LogP contribution < -0.4 is 21.3 Å². The van der Waals surface area contributed by atoms with Crippen LogP contribution in [0.1, 0.15) is 81.1 Å². The zero-order chi connectivity index (χ0) is 26.6. The van der Waals surface area contributed by atoms with Gasteiger partial charge in [0.05, 0.1) is 0 Å². The Morgan fingerprint density at radius 3 is 1.42 bits per heavy atom. The summed E-state index contributed by atoms with van der Waals surface area (Å²) in [5.41, 5.74) is 0. The molecule has 0 spiro atoms. The second-order valence-corrected chi connectivity index (χ2v) is 7.60. The first-order valence-electron chi connectivity index (χ1n) is 11.7. The van der Waals surface area contributed by atoms with E-state index >= 15 is 0 Å². The number of carbonyl (C=O) groups is 5. The van der Waals surface area contributed by atoms with Crippen molar-refractivity contribution in [3.8, 4) is 0 Å². The van der Waals surface area contributed by atoms with Gasteiger partial charge in [-0.05, 0) is 32.6 Å². The molecule has 4 amide bonds. The topological polar surface area (TPSA) is 154 Å². The molecule has 4 atom stereocenters. The van der Waals surface area contributed by atoms with Crippen LogP contribution >= 0.6 is 0 Å². The summed E-state index contributed by atoms with van der Waals surface area (Å²) in [6.07, 6.45) is 2.56. The Bertz CT molecular complexity index is 598. The lowest BCUT2D eigenvalue weighted by molar-refractivity contribution is -0.142. The van der Waals surface area contributed by atoms with Crippen LogP contribution in [0.3, 0.4) is 0 Å². The van der Waals surface area contributed by atoms with Crippen LogP contribution in [0.25, 0.3) is 0 Å². The molecule has 0 saturated carbocycles. The highest BCUT2D eigenvalue weighted by molar-refractivity contribution is 5.89. The summed E-state index contributed by atoms with van der Waals surface area (Å²) in [4.78, 5) is 54.6. The van der Waals surface area contributed by atoms with Crippen LogP contribution in [-0.2, 0) is 24.0 Å². The minimum Gasteiger partial charge on any atom is -0.480 e. The Balaban J connectivity index is -0.000000449. The molecule has 0 bridgehead atoms. The summed E-state index contributed by atoms with van der Waals surface area (Å²) < 4.78 is 0. The van der Waals surface area contributed by atoms with Gasteiger partial charge in [0.1, 0.15) is 12.1 Å². The first kappa shape index (κ1) is 35.0. The zero-order valence-electron chi connectivity index (χ0n) is 21.8. The summed E-state index contributed by atoms with van der Waals surface area (Å²) in [5, 5.41) is 18.9. The van der Waals surface area contributed by atoms with Crippen LogP contribution in [0.15, 0.2) is 0 Å². The average Bonchev–Trinajstić information content (AvgIpc) is 2.79. The van der Waals surface area contributed by atoms with Crippen molar-refractivity contribution in [2.45, 2.75) is 93.2 Å². The van der Waals surface area contributed by atoms with Crippen molar-refractivity contribution in [1.29, 1.82) is 0 Å². The molecule has 0 rings (SSSR count). The van der Waals surface area contributed by atoms with E-state index in [1.54, 1.807) is 20.9 Å². The van der Waals surface area contributed by atoms with E-state index in [1.807, 2.05) is 34.6 Å². The van der Waals surface area contributed by atoms with Crippen molar-refractivity contribution in [3.63, 3.8) is 0 Å². The number of nitrogens with one attached hydrogen (secondary N) is 4. The Labute approximate surface area is 199 Å². The normalized spacial score (nSPS) is 13.2. The van der Waals surface area contributed by atoms with Crippen LogP contribution in [0.2, 0.25) is 0 Å². The number of hydrogen-bond donors (Lipinski definition) is 5. The largest absolute Gasteiger partial charge is 0.480 e. The molecule has 4 unspecified atom stereocenters. The van der Waals surface area contributed by atoms with Gasteiger partial charge in [-0.25, -0.2) is 4.79 Å². The predicted octanol–water partition coefficient (Wildman–Crippen LogP) is 1.83. The van der Waals surface area contributed by atoms with Crippen molar-refractivity contribution in [2.24, 2.45) is 11.8 Å². The summed E-state index contributed by atoms with van der Waals surface area (Å²) in [5.74, 6) is -1.22. The Morgan fingerprint density at radius 1 is 0.697 bits per heavy atom. The Hall–Kier alpha value is -2.65. The van der Waals surface area contributed by atoms with Gasteiger partial charge in [0.2, 0.25) is 23.6 Å². The van der Waals surface area contributed by atoms with Crippen molar-refractivity contribution >= 4 is 29.6 Å². The molecule has 0 fully saturated rings. The highest BCUT2D eigenvalue weighted by atomic mass is 16.4. The number of carboxylic acids is 1. The maximum absolute atomic E-state index is 11.6. The predicted molar refractivity (Wildman–Crippen MR) is 129 cm³/mol. The number of rotatable bonds is 11. The van der Waals surface area contributed by atoms with Crippen molar-refractivity contribution in [1.82, 2.24) is 21.3 Å². The maximum Gasteiger partial charge on any atom is 0.326 e. The number of carbonyl (C=O) groups excluding carboxylic acids is 4. The smallest absolute Gasteiger partial charge is 0.326 e. The molecule has 10 heteroatoms. The monoisotopic (exact) mass is 474 g/mol. The van der Waals surface area contributed by atoms with Gasteiger partial charge in [0.25, 0.3) is 0 Å². The van der Waals surface area contributed by atoms with Crippen molar-refractivity contribution in [3.05, 3.63) is 0 Å². The Kier molecular flexibility index (Phi) is 22.5. The van der Waals surface area contributed by atoms with Gasteiger partial charge in [0.15, 0.2) is 0 Å². The molecule has 0 aromatic rings. The minimum absolute atomic E-state index is 0.132. The summed E-state index contributed by atoms with van der Waals surface area (Å²) in [6, 6.07) is -1.58. The fourth-order valence-corrected chi connectivity index (χ4v) is 2.17. The van der Waals surface area contributed by atoms with E-state index in [0.29, 0.717) is 12.8 Å².